The molecule has 0 saturated heterocycles. The third kappa shape index (κ3) is 2.30. The molecule has 1 aliphatic carbocycles. The van der Waals surface area contributed by atoms with E-state index in [-0.39, 0.29) is 12.2 Å². The molecule has 2 aliphatic rings. The van der Waals surface area contributed by atoms with E-state index in [4.69, 9.17) is 4.74 Å². The van der Waals surface area contributed by atoms with Crippen LogP contribution in [0.5, 0.6) is 0 Å². The van der Waals surface area contributed by atoms with Gasteiger partial charge in [-0.1, -0.05) is 36.4 Å². The van der Waals surface area contributed by atoms with Gasteiger partial charge in [0.15, 0.2) is 0 Å². The number of hydrogen-bond acceptors (Lipinski definition) is 3. The first kappa shape index (κ1) is 17.6. The Labute approximate surface area is 153 Å². The summed E-state index contributed by atoms with van der Waals surface area (Å²) in [5.74, 6) is -5.39. The summed E-state index contributed by atoms with van der Waals surface area (Å²) in [7, 11) is 0. The van der Waals surface area contributed by atoms with E-state index in [1.54, 1.807) is 48.5 Å². The van der Waals surface area contributed by atoms with Crippen LogP contribution in [-0.2, 0) is 19.7 Å². The van der Waals surface area contributed by atoms with Gasteiger partial charge in [0.2, 0.25) is 5.91 Å². The number of esters is 1. The third-order valence-electron chi connectivity index (χ3n) is 5.26. The molecule has 0 radical (unpaired) electrons. The minimum Gasteiger partial charge on any atom is -0.466 e. The number of carbonyl (C=O) groups is 2. The Morgan fingerprint density at radius 1 is 1.11 bits per heavy atom. The number of carbonyl (C=O) groups excluding carboxylic acids is 2. The van der Waals surface area contributed by atoms with Crippen molar-refractivity contribution >= 4 is 23.3 Å². The first-order valence-electron chi connectivity index (χ1n) is 8.57. The van der Waals surface area contributed by atoms with Gasteiger partial charge in [-0.2, -0.15) is 13.2 Å². The average molecular weight is 375 g/mol. The van der Waals surface area contributed by atoms with Gasteiger partial charge in [-0.3, -0.25) is 14.5 Å². The molecule has 1 heterocycles. The van der Waals surface area contributed by atoms with Crippen LogP contribution in [0.4, 0.5) is 24.5 Å². The molecule has 0 N–H and O–H groups in total. The van der Waals surface area contributed by atoms with Gasteiger partial charge in [-0.15, -0.1) is 0 Å². The molecule has 1 amide bonds. The van der Waals surface area contributed by atoms with E-state index >= 15 is 0 Å². The molecule has 1 spiro atoms. The zero-order chi connectivity index (χ0) is 19.4. The Kier molecular flexibility index (Phi) is 3.80. The number of hydrogen-bond donors (Lipinski definition) is 0. The van der Waals surface area contributed by atoms with Crippen LogP contribution in [0.3, 0.4) is 0 Å². The lowest BCUT2D eigenvalue weighted by atomic mass is 9.93. The fraction of sp³-hybridized carbons (Fsp3) is 0.300. The Hall–Kier alpha value is -2.83. The number of nitrogens with zero attached hydrogens (tertiary/aromatic N) is 1. The lowest BCUT2D eigenvalue weighted by Gasteiger charge is -2.18. The standard InChI is InChI=1S/C20H16F3NO3/c1-2-27-17(25)15-16(20(21,22)23)19(15)13-10-6-7-11-14(13)24(18(19)26)12-8-4-3-5-9-12/h3-11,15-16H,2H2,1H3. The number of alkyl halides is 3. The molecule has 27 heavy (non-hydrogen) atoms. The average Bonchev–Trinajstić information content (AvgIpc) is 3.29. The lowest BCUT2D eigenvalue weighted by molar-refractivity contribution is -0.164. The predicted molar refractivity (Wildman–Crippen MR) is 91.4 cm³/mol. The van der Waals surface area contributed by atoms with Crippen LogP contribution in [0.15, 0.2) is 54.6 Å². The van der Waals surface area contributed by atoms with Crippen LogP contribution >= 0.6 is 0 Å². The smallest absolute Gasteiger partial charge is 0.394 e. The zero-order valence-electron chi connectivity index (χ0n) is 14.4. The van der Waals surface area contributed by atoms with Gasteiger partial charge in [0, 0.05) is 5.69 Å². The number of amides is 1. The molecule has 1 saturated carbocycles. The Balaban J connectivity index is 1.90. The van der Waals surface area contributed by atoms with Crippen molar-refractivity contribution in [3.63, 3.8) is 0 Å². The maximum absolute atomic E-state index is 13.8. The number of rotatable bonds is 3. The van der Waals surface area contributed by atoms with Gasteiger partial charge in [0.1, 0.15) is 5.41 Å². The SMILES string of the molecule is CCOC(=O)C1C(C(F)(F)F)C12C(=O)N(c1ccccc1)c1ccccc12. The van der Waals surface area contributed by atoms with Crippen molar-refractivity contribution in [3.8, 4) is 0 Å². The largest absolute Gasteiger partial charge is 0.466 e. The van der Waals surface area contributed by atoms with E-state index in [1.807, 2.05) is 0 Å². The maximum Gasteiger partial charge on any atom is 0.394 e. The summed E-state index contributed by atoms with van der Waals surface area (Å²) in [6.07, 6.45) is -4.70. The fourth-order valence-electron chi connectivity index (χ4n) is 4.25. The van der Waals surface area contributed by atoms with Gasteiger partial charge in [-0.25, -0.2) is 0 Å². The first-order valence-corrected chi connectivity index (χ1v) is 8.57. The Morgan fingerprint density at radius 2 is 1.74 bits per heavy atom. The van der Waals surface area contributed by atoms with Crippen LogP contribution in [0.1, 0.15) is 12.5 Å². The van der Waals surface area contributed by atoms with Crippen LogP contribution in [0.2, 0.25) is 0 Å². The van der Waals surface area contributed by atoms with Crippen molar-refractivity contribution in [2.24, 2.45) is 11.8 Å². The summed E-state index contributed by atoms with van der Waals surface area (Å²) in [5, 5.41) is 0. The highest BCUT2D eigenvalue weighted by Crippen LogP contribution is 2.71. The highest BCUT2D eigenvalue weighted by atomic mass is 19.4. The van der Waals surface area contributed by atoms with Crippen molar-refractivity contribution < 1.29 is 27.5 Å². The molecule has 7 heteroatoms. The molecule has 2 aromatic carbocycles. The van der Waals surface area contributed by atoms with E-state index in [1.165, 1.54) is 17.9 Å². The number of para-hydroxylation sites is 2. The van der Waals surface area contributed by atoms with E-state index in [2.05, 4.69) is 0 Å². The lowest BCUT2D eigenvalue weighted by Crippen LogP contribution is -2.33. The normalized spacial score (nSPS) is 26.2. The first-order chi connectivity index (χ1) is 12.8. The zero-order valence-corrected chi connectivity index (χ0v) is 14.4. The topological polar surface area (TPSA) is 46.6 Å². The second-order valence-corrected chi connectivity index (χ2v) is 6.61. The second-order valence-electron chi connectivity index (χ2n) is 6.61. The summed E-state index contributed by atoms with van der Waals surface area (Å²) in [5.41, 5.74) is -0.909. The number of anilines is 2. The third-order valence-corrected chi connectivity index (χ3v) is 5.26. The van der Waals surface area contributed by atoms with Crippen molar-refractivity contribution in [2.75, 3.05) is 11.5 Å². The van der Waals surface area contributed by atoms with Gasteiger partial charge in [-0.05, 0) is 30.7 Å². The molecule has 140 valence electrons. The molecule has 1 fully saturated rings. The molecule has 0 bridgehead atoms. The number of halogens is 3. The molecule has 4 nitrogen and oxygen atoms in total. The summed E-state index contributed by atoms with van der Waals surface area (Å²) >= 11 is 0. The quantitative estimate of drug-likeness (QED) is 0.763. The van der Waals surface area contributed by atoms with Crippen LogP contribution < -0.4 is 4.90 Å². The van der Waals surface area contributed by atoms with E-state index < -0.39 is 35.3 Å². The van der Waals surface area contributed by atoms with E-state index in [9.17, 15) is 22.8 Å². The van der Waals surface area contributed by atoms with Gasteiger partial charge < -0.3 is 4.74 Å². The predicted octanol–water partition coefficient (Wildman–Crippen LogP) is 3.97. The van der Waals surface area contributed by atoms with Crippen molar-refractivity contribution in [1.29, 1.82) is 0 Å². The van der Waals surface area contributed by atoms with Crippen LogP contribution in [0, 0.1) is 11.8 Å². The van der Waals surface area contributed by atoms with E-state index in [0.717, 1.165) is 0 Å². The van der Waals surface area contributed by atoms with Crippen LogP contribution in [0.25, 0.3) is 0 Å². The molecule has 3 unspecified atom stereocenters. The molecular weight excluding hydrogens is 359 g/mol. The number of fused-ring (bicyclic) bond motifs is 2. The summed E-state index contributed by atoms with van der Waals surface area (Å²) in [4.78, 5) is 26.9. The number of benzene rings is 2. The van der Waals surface area contributed by atoms with Gasteiger partial charge >= 0.3 is 12.1 Å². The minimum absolute atomic E-state index is 0.0474. The fourth-order valence-corrected chi connectivity index (χ4v) is 4.25. The molecule has 4 rings (SSSR count). The maximum atomic E-state index is 13.8. The molecule has 1 aliphatic heterocycles. The van der Waals surface area contributed by atoms with Crippen molar-refractivity contribution in [2.45, 2.75) is 18.5 Å². The van der Waals surface area contributed by atoms with E-state index in [0.29, 0.717) is 11.4 Å². The molecule has 3 atom stereocenters. The summed E-state index contributed by atoms with van der Waals surface area (Å²) in [6.45, 7) is 1.48. The number of ether oxygens (including phenoxy) is 1. The second kappa shape index (κ2) is 5.84. The summed E-state index contributed by atoms with van der Waals surface area (Å²) in [6, 6.07) is 14.8. The monoisotopic (exact) mass is 375 g/mol. The molecule has 0 aromatic heterocycles. The minimum atomic E-state index is -4.70. The van der Waals surface area contributed by atoms with Crippen molar-refractivity contribution in [3.05, 3.63) is 60.2 Å². The molecule has 2 aromatic rings. The molecular formula is C20H16F3NO3. The Bertz CT molecular complexity index is 912. The highest BCUT2D eigenvalue weighted by molar-refractivity contribution is 6.18. The van der Waals surface area contributed by atoms with Crippen molar-refractivity contribution in [1.82, 2.24) is 0 Å². The Morgan fingerprint density at radius 3 is 2.37 bits per heavy atom. The summed E-state index contributed by atoms with van der Waals surface area (Å²) < 4.78 is 46.3. The van der Waals surface area contributed by atoms with Gasteiger partial charge in [0.25, 0.3) is 0 Å². The van der Waals surface area contributed by atoms with Crippen LogP contribution in [-0.4, -0.2) is 24.7 Å². The van der Waals surface area contributed by atoms with Gasteiger partial charge in [0.05, 0.1) is 24.1 Å². The highest BCUT2D eigenvalue weighted by Gasteiger charge is 2.85.